The van der Waals surface area contributed by atoms with Gasteiger partial charge in [0, 0.05) is 42.4 Å². The Hall–Kier alpha value is -0.580. The fraction of sp³-hybridized carbons (Fsp3) is 0.625. The van der Waals surface area contributed by atoms with E-state index in [0.717, 1.165) is 19.6 Å². The van der Waals surface area contributed by atoms with Crippen LogP contribution in [0.5, 0.6) is 0 Å². The summed E-state index contributed by atoms with van der Waals surface area (Å²) in [5, 5.41) is 9.03. The lowest BCUT2D eigenvalue weighted by Gasteiger charge is -2.42. The van der Waals surface area contributed by atoms with Crippen LogP contribution < -0.4 is 4.90 Å². The monoisotopic (exact) mass is 338 g/mol. The summed E-state index contributed by atoms with van der Waals surface area (Å²) < 4.78 is 1.19. The van der Waals surface area contributed by atoms with E-state index in [0.29, 0.717) is 6.04 Å². The molecular formula is C16H23BrN2O. The molecule has 2 aliphatic heterocycles. The van der Waals surface area contributed by atoms with Gasteiger partial charge in [0.1, 0.15) is 0 Å². The Kier molecular flexibility index (Phi) is 4.64. The highest BCUT2D eigenvalue weighted by Gasteiger charge is 2.27. The maximum absolute atomic E-state index is 9.03. The van der Waals surface area contributed by atoms with Crippen molar-refractivity contribution in [2.24, 2.45) is 0 Å². The molecule has 1 N–H and O–H groups in total. The van der Waals surface area contributed by atoms with Gasteiger partial charge in [-0.1, -0.05) is 15.9 Å². The lowest BCUT2D eigenvalue weighted by molar-refractivity contribution is 0.162. The molecule has 0 unspecified atom stereocenters. The maximum atomic E-state index is 9.03. The average Bonchev–Trinajstić information content (AvgIpc) is 2.47. The summed E-state index contributed by atoms with van der Waals surface area (Å²) >= 11 is 3.58. The van der Waals surface area contributed by atoms with E-state index in [4.69, 9.17) is 5.11 Å². The Morgan fingerprint density at radius 3 is 2.75 bits per heavy atom. The van der Waals surface area contributed by atoms with E-state index >= 15 is 0 Å². The van der Waals surface area contributed by atoms with E-state index in [1.165, 1.54) is 48.0 Å². The Morgan fingerprint density at radius 2 is 2.00 bits per heavy atom. The molecule has 0 bridgehead atoms. The van der Waals surface area contributed by atoms with Crippen molar-refractivity contribution in [2.75, 3.05) is 37.7 Å². The number of rotatable bonds is 3. The molecule has 0 spiro atoms. The van der Waals surface area contributed by atoms with Gasteiger partial charge in [0.2, 0.25) is 0 Å². The molecule has 1 saturated heterocycles. The fourth-order valence-corrected chi connectivity index (χ4v) is 3.98. The first-order chi connectivity index (χ1) is 9.78. The number of anilines is 1. The van der Waals surface area contributed by atoms with Crippen LogP contribution in [-0.2, 0) is 6.42 Å². The van der Waals surface area contributed by atoms with Crippen molar-refractivity contribution in [1.82, 2.24) is 4.90 Å². The maximum Gasteiger partial charge on any atom is 0.0558 e. The highest BCUT2D eigenvalue weighted by atomic mass is 79.9. The number of benzene rings is 1. The van der Waals surface area contributed by atoms with Gasteiger partial charge in [-0.15, -0.1) is 0 Å². The molecule has 0 amide bonds. The first-order valence-electron chi connectivity index (χ1n) is 7.66. The second-order valence-corrected chi connectivity index (χ2v) is 6.78. The lowest BCUT2D eigenvalue weighted by atomic mass is 9.96. The van der Waals surface area contributed by atoms with E-state index in [2.05, 4.69) is 43.9 Å². The lowest BCUT2D eigenvalue weighted by Crippen LogP contribution is -2.47. The molecule has 0 aromatic heterocycles. The third-order valence-electron chi connectivity index (χ3n) is 4.61. The zero-order chi connectivity index (χ0) is 13.9. The molecule has 4 heteroatoms. The van der Waals surface area contributed by atoms with Crippen LogP contribution in [0.4, 0.5) is 5.69 Å². The van der Waals surface area contributed by atoms with Gasteiger partial charge in [0.25, 0.3) is 0 Å². The van der Waals surface area contributed by atoms with Gasteiger partial charge in [0.15, 0.2) is 0 Å². The van der Waals surface area contributed by atoms with Crippen LogP contribution in [0.2, 0.25) is 0 Å². The second-order valence-electron chi connectivity index (χ2n) is 5.87. The van der Waals surface area contributed by atoms with Crippen molar-refractivity contribution in [2.45, 2.75) is 31.7 Å². The number of aryl methyl sites for hydroxylation is 1. The van der Waals surface area contributed by atoms with E-state index in [1.54, 1.807) is 0 Å². The van der Waals surface area contributed by atoms with Crippen molar-refractivity contribution < 1.29 is 5.11 Å². The van der Waals surface area contributed by atoms with Crippen LogP contribution in [0.3, 0.4) is 0 Å². The summed E-state index contributed by atoms with van der Waals surface area (Å²) in [5.74, 6) is 0. The highest BCUT2D eigenvalue weighted by Crippen LogP contribution is 2.33. The molecule has 0 radical (unpaired) electrons. The molecule has 0 aliphatic carbocycles. The first-order valence-corrected chi connectivity index (χ1v) is 8.45. The standard InChI is InChI=1S/C16H23BrN2O/c17-14-3-4-16-13(12-14)2-1-7-19(16)15-5-8-18(9-6-15)10-11-20/h3-4,12,15,20H,1-2,5-11H2. The molecule has 1 aromatic rings. The Balaban J connectivity index is 1.70. The summed E-state index contributed by atoms with van der Waals surface area (Å²) in [6, 6.07) is 7.39. The van der Waals surface area contributed by atoms with E-state index in [1.807, 2.05) is 0 Å². The summed E-state index contributed by atoms with van der Waals surface area (Å²) in [4.78, 5) is 5.00. The minimum atomic E-state index is 0.283. The Morgan fingerprint density at radius 1 is 1.20 bits per heavy atom. The van der Waals surface area contributed by atoms with E-state index in [-0.39, 0.29) is 6.61 Å². The van der Waals surface area contributed by atoms with Crippen molar-refractivity contribution in [3.05, 3.63) is 28.2 Å². The predicted octanol–water partition coefficient (Wildman–Crippen LogP) is 2.66. The van der Waals surface area contributed by atoms with Crippen molar-refractivity contribution in [1.29, 1.82) is 0 Å². The third kappa shape index (κ3) is 3.02. The van der Waals surface area contributed by atoms with Crippen molar-refractivity contribution in [3.8, 4) is 0 Å². The van der Waals surface area contributed by atoms with E-state index in [9.17, 15) is 0 Å². The van der Waals surface area contributed by atoms with Crippen LogP contribution in [0.25, 0.3) is 0 Å². The van der Waals surface area contributed by atoms with Crippen LogP contribution in [0.15, 0.2) is 22.7 Å². The molecule has 1 aromatic carbocycles. The summed E-state index contributed by atoms with van der Waals surface area (Å²) in [7, 11) is 0. The van der Waals surface area contributed by atoms with Gasteiger partial charge in [-0.25, -0.2) is 0 Å². The summed E-state index contributed by atoms with van der Waals surface area (Å²) in [5.41, 5.74) is 2.93. The van der Waals surface area contributed by atoms with Crippen LogP contribution in [-0.4, -0.2) is 48.8 Å². The number of halogens is 1. The number of aliphatic hydroxyl groups is 1. The van der Waals surface area contributed by atoms with E-state index < -0.39 is 0 Å². The zero-order valence-electron chi connectivity index (χ0n) is 11.9. The van der Waals surface area contributed by atoms with Gasteiger partial charge >= 0.3 is 0 Å². The normalized spacial score (nSPS) is 21.0. The Labute approximate surface area is 129 Å². The minimum Gasteiger partial charge on any atom is -0.395 e. The molecule has 2 aliphatic rings. The molecular weight excluding hydrogens is 316 g/mol. The van der Waals surface area contributed by atoms with Crippen LogP contribution in [0.1, 0.15) is 24.8 Å². The quantitative estimate of drug-likeness (QED) is 0.917. The summed E-state index contributed by atoms with van der Waals surface area (Å²) in [6.07, 6.45) is 4.90. The van der Waals surface area contributed by atoms with Gasteiger partial charge < -0.3 is 14.9 Å². The minimum absolute atomic E-state index is 0.283. The molecule has 0 saturated carbocycles. The molecule has 1 fully saturated rings. The molecule has 0 atom stereocenters. The number of β-amino-alcohol motifs (C(OH)–C–C–N with tert-alkyl or cyclic N) is 1. The number of hydrogen-bond donors (Lipinski definition) is 1. The largest absolute Gasteiger partial charge is 0.395 e. The SMILES string of the molecule is OCCN1CCC(N2CCCc3cc(Br)ccc32)CC1. The predicted molar refractivity (Wildman–Crippen MR) is 86.4 cm³/mol. The zero-order valence-corrected chi connectivity index (χ0v) is 13.5. The molecule has 110 valence electrons. The van der Waals surface area contributed by atoms with Crippen molar-refractivity contribution in [3.63, 3.8) is 0 Å². The number of likely N-dealkylation sites (tertiary alicyclic amines) is 1. The number of nitrogens with zero attached hydrogens (tertiary/aromatic N) is 2. The molecule has 3 nitrogen and oxygen atoms in total. The number of hydrogen-bond acceptors (Lipinski definition) is 3. The number of aliphatic hydroxyl groups excluding tert-OH is 1. The molecule has 20 heavy (non-hydrogen) atoms. The summed E-state index contributed by atoms with van der Waals surface area (Å²) in [6.45, 7) is 4.54. The molecule has 2 heterocycles. The van der Waals surface area contributed by atoms with Gasteiger partial charge in [0.05, 0.1) is 6.61 Å². The third-order valence-corrected chi connectivity index (χ3v) is 5.10. The smallest absolute Gasteiger partial charge is 0.0558 e. The van der Waals surface area contributed by atoms with Crippen LogP contribution >= 0.6 is 15.9 Å². The Bertz CT molecular complexity index is 458. The van der Waals surface area contributed by atoms with Crippen molar-refractivity contribution >= 4 is 21.6 Å². The second kappa shape index (κ2) is 6.46. The topological polar surface area (TPSA) is 26.7 Å². The average molecular weight is 339 g/mol. The van der Waals surface area contributed by atoms with Gasteiger partial charge in [-0.3, -0.25) is 0 Å². The van der Waals surface area contributed by atoms with Gasteiger partial charge in [-0.2, -0.15) is 0 Å². The first kappa shape index (κ1) is 14.4. The molecule has 3 rings (SSSR count). The van der Waals surface area contributed by atoms with Crippen LogP contribution in [0, 0.1) is 0 Å². The van der Waals surface area contributed by atoms with Gasteiger partial charge in [-0.05, 0) is 49.4 Å². The highest BCUT2D eigenvalue weighted by molar-refractivity contribution is 9.10. The number of fused-ring (bicyclic) bond motifs is 1. The fourth-order valence-electron chi connectivity index (χ4n) is 3.57. The number of piperidine rings is 1.